The maximum atomic E-state index is 12.7. The van der Waals surface area contributed by atoms with Crippen molar-refractivity contribution in [3.8, 4) is 0 Å². The van der Waals surface area contributed by atoms with Gasteiger partial charge >= 0.3 is 12.1 Å². The molecule has 122 valence electrons. The monoisotopic (exact) mass is 327 g/mol. The Morgan fingerprint density at radius 3 is 2.39 bits per heavy atom. The number of rotatable bonds is 3. The molecule has 0 unspecified atom stereocenters. The SMILES string of the molecule is O=C(O)[C@@H]1[C@@H](C(=O)Nc2cccc(C(F)(F)F)c2)[C@H]2C=C[C@@H]1O2. The average molecular weight is 327 g/mol. The summed E-state index contributed by atoms with van der Waals surface area (Å²) in [5.41, 5.74) is -0.935. The second-order valence-corrected chi connectivity index (χ2v) is 5.41. The standard InChI is InChI=1S/C15H12F3NO4/c16-15(17,18)7-2-1-3-8(6-7)19-13(20)11-9-4-5-10(23-9)12(11)14(21)22/h1-6,9-12H,(H,19,20)(H,21,22)/t9-,10+,11+,12+/m1/s1. The summed E-state index contributed by atoms with van der Waals surface area (Å²) in [4.78, 5) is 23.6. The Labute approximate surface area is 128 Å². The smallest absolute Gasteiger partial charge is 0.416 e. The fraction of sp³-hybridized carbons (Fsp3) is 0.333. The first-order valence-electron chi connectivity index (χ1n) is 6.82. The van der Waals surface area contributed by atoms with E-state index in [0.29, 0.717) is 0 Å². The number of fused-ring (bicyclic) bond motifs is 2. The molecule has 1 saturated heterocycles. The third kappa shape index (κ3) is 2.81. The van der Waals surface area contributed by atoms with Crippen molar-refractivity contribution in [2.75, 3.05) is 5.32 Å². The van der Waals surface area contributed by atoms with Crippen LogP contribution in [-0.2, 0) is 20.5 Å². The van der Waals surface area contributed by atoms with E-state index >= 15 is 0 Å². The van der Waals surface area contributed by atoms with Crippen molar-refractivity contribution in [3.63, 3.8) is 0 Å². The number of carboxylic acids is 1. The zero-order valence-corrected chi connectivity index (χ0v) is 11.6. The van der Waals surface area contributed by atoms with Gasteiger partial charge in [0.1, 0.15) is 5.92 Å². The molecule has 0 spiro atoms. The number of carboxylic acid groups (broad SMARTS) is 1. The van der Waals surface area contributed by atoms with Crippen LogP contribution in [0.5, 0.6) is 0 Å². The number of hydrogen-bond donors (Lipinski definition) is 2. The number of benzene rings is 1. The van der Waals surface area contributed by atoms with E-state index in [4.69, 9.17) is 4.74 Å². The molecule has 0 saturated carbocycles. The van der Waals surface area contributed by atoms with Gasteiger partial charge in [0.25, 0.3) is 0 Å². The Hall–Kier alpha value is -2.35. The van der Waals surface area contributed by atoms with Gasteiger partial charge in [-0.25, -0.2) is 0 Å². The summed E-state index contributed by atoms with van der Waals surface area (Å²) < 4.78 is 43.4. The summed E-state index contributed by atoms with van der Waals surface area (Å²) in [6.45, 7) is 0. The quantitative estimate of drug-likeness (QED) is 0.835. The van der Waals surface area contributed by atoms with E-state index in [1.807, 2.05) is 0 Å². The summed E-state index contributed by atoms with van der Waals surface area (Å²) in [5.74, 6) is -3.87. The molecule has 2 aliphatic rings. The van der Waals surface area contributed by atoms with Crippen LogP contribution in [0, 0.1) is 11.8 Å². The zero-order valence-electron chi connectivity index (χ0n) is 11.6. The Bertz CT molecular complexity index is 686. The van der Waals surface area contributed by atoms with Crippen molar-refractivity contribution >= 4 is 17.6 Å². The predicted molar refractivity (Wildman–Crippen MR) is 72.5 cm³/mol. The van der Waals surface area contributed by atoms with Crippen LogP contribution in [0.1, 0.15) is 5.56 Å². The molecule has 8 heteroatoms. The third-order valence-electron chi connectivity index (χ3n) is 3.94. The Morgan fingerprint density at radius 2 is 1.78 bits per heavy atom. The minimum Gasteiger partial charge on any atom is -0.481 e. The lowest BCUT2D eigenvalue weighted by Gasteiger charge is -2.21. The lowest BCUT2D eigenvalue weighted by atomic mass is 9.82. The molecule has 3 rings (SSSR count). The van der Waals surface area contributed by atoms with Crippen molar-refractivity contribution in [3.05, 3.63) is 42.0 Å². The summed E-state index contributed by atoms with van der Waals surface area (Å²) in [6, 6.07) is 4.17. The average Bonchev–Trinajstić information content (AvgIpc) is 3.07. The molecule has 5 nitrogen and oxygen atoms in total. The number of alkyl halides is 3. The molecule has 0 aliphatic carbocycles. The molecule has 23 heavy (non-hydrogen) atoms. The zero-order chi connectivity index (χ0) is 16.8. The van der Waals surface area contributed by atoms with Crippen LogP contribution in [0.25, 0.3) is 0 Å². The van der Waals surface area contributed by atoms with Crippen LogP contribution in [0.4, 0.5) is 18.9 Å². The molecule has 4 atom stereocenters. The summed E-state index contributed by atoms with van der Waals surface area (Å²) in [5, 5.41) is 11.6. The van der Waals surface area contributed by atoms with E-state index in [2.05, 4.69) is 5.32 Å². The van der Waals surface area contributed by atoms with Gasteiger partial charge in [0.2, 0.25) is 5.91 Å². The van der Waals surface area contributed by atoms with Gasteiger partial charge in [-0.05, 0) is 18.2 Å². The van der Waals surface area contributed by atoms with Crippen LogP contribution < -0.4 is 5.32 Å². The molecule has 0 aromatic heterocycles. The summed E-state index contributed by atoms with van der Waals surface area (Å²) in [6.07, 6.45) is -2.71. The van der Waals surface area contributed by atoms with Gasteiger partial charge in [0.15, 0.2) is 0 Å². The fourth-order valence-corrected chi connectivity index (χ4v) is 2.91. The van der Waals surface area contributed by atoms with Crippen LogP contribution in [0.15, 0.2) is 36.4 Å². The third-order valence-corrected chi connectivity index (χ3v) is 3.94. The van der Waals surface area contributed by atoms with Crippen molar-refractivity contribution in [2.45, 2.75) is 18.4 Å². The second kappa shape index (κ2) is 5.38. The lowest BCUT2D eigenvalue weighted by Crippen LogP contribution is -2.39. The molecule has 2 heterocycles. The van der Waals surface area contributed by atoms with Crippen LogP contribution >= 0.6 is 0 Å². The summed E-state index contributed by atoms with van der Waals surface area (Å²) >= 11 is 0. The highest BCUT2D eigenvalue weighted by atomic mass is 19.4. The Balaban J connectivity index is 1.80. The summed E-state index contributed by atoms with van der Waals surface area (Å²) in [7, 11) is 0. The molecular formula is C15H12F3NO4. The van der Waals surface area contributed by atoms with Crippen molar-refractivity contribution < 1.29 is 32.6 Å². The van der Waals surface area contributed by atoms with Crippen LogP contribution in [0.3, 0.4) is 0 Å². The van der Waals surface area contributed by atoms with Gasteiger partial charge in [0.05, 0.1) is 23.7 Å². The maximum Gasteiger partial charge on any atom is 0.416 e. The highest BCUT2D eigenvalue weighted by Crippen LogP contribution is 2.40. The number of carbonyl (C=O) groups is 2. The molecule has 2 aliphatic heterocycles. The number of halogens is 3. The van der Waals surface area contributed by atoms with E-state index in [1.54, 1.807) is 12.2 Å². The van der Waals surface area contributed by atoms with Gasteiger partial charge in [-0.1, -0.05) is 18.2 Å². The van der Waals surface area contributed by atoms with E-state index < -0.39 is 47.7 Å². The van der Waals surface area contributed by atoms with Crippen molar-refractivity contribution in [1.82, 2.24) is 0 Å². The molecule has 0 radical (unpaired) electrons. The number of anilines is 1. The Morgan fingerprint density at radius 1 is 1.13 bits per heavy atom. The van der Waals surface area contributed by atoms with E-state index in [1.165, 1.54) is 12.1 Å². The van der Waals surface area contributed by atoms with Gasteiger partial charge in [0, 0.05) is 5.69 Å². The maximum absolute atomic E-state index is 12.7. The molecule has 1 fully saturated rings. The largest absolute Gasteiger partial charge is 0.481 e. The minimum atomic E-state index is -4.53. The molecule has 2 bridgehead atoms. The van der Waals surface area contributed by atoms with Crippen LogP contribution in [-0.4, -0.2) is 29.2 Å². The number of ether oxygens (including phenoxy) is 1. The number of nitrogens with one attached hydrogen (secondary N) is 1. The first kappa shape index (κ1) is 15.5. The van der Waals surface area contributed by atoms with Gasteiger partial charge in [-0.15, -0.1) is 0 Å². The first-order chi connectivity index (χ1) is 10.8. The first-order valence-corrected chi connectivity index (χ1v) is 6.82. The predicted octanol–water partition coefficient (Wildman–Crippen LogP) is 2.30. The van der Waals surface area contributed by atoms with E-state index in [-0.39, 0.29) is 5.69 Å². The lowest BCUT2D eigenvalue weighted by molar-refractivity contribution is -0.145. The van der Waals surface area contributed by atoms with E-state index in [0.717, 1.165) is 12.1 Å². The van der Waals surface area contributed by atoms with Crippen molar-refractivity contribution in [1.29, 1.82) is 0 Å². The molecule has 2 N–H and O–H groups in total. The van der Waals surface area contributed by atoms with Gasteiger partial charge in [-0.3, -0.25) is 9.59 Å². The van der Waals surface area contributed by atoms with Gasteiger partial charge < -0.3 is 15.2 Å². The highest BCUT2D eigenvalue weighted by molar-refractivity contribution is 5.96. The van der Waals surface area contributed by atoms with Gasteiger partial charge in [-0.2, -0.15) is 13.2 Å². The second-order valence-electron chi connectivity index (χ2n) is 5.41. The number of amides is 1. The normalized spacial score (nSPS) is 28.8. The number of carbonyl (C=O) groups excluding carboxylic acids is 1. The number of aliphatic carboxylic acids is 1. The molecular weight excluding hydrogens is 315 g/mol. The number of hydrogen-bond acceptors (Lipinski definition) is 3. The van der Waals surface area contributed by atoms with E-state index in [9.17, 15) is 27.9 Å². The van der Waals surface area contributed by atoms with Crippen molar-refractivity contribution in [2.24, 2.45) is 11.8 Å². The highest BCUT2D eigenvalue weighted by Gasteiger charge is 2.53. The topological polar surface area (TPSA) is 75.6 Å². The molecule has 1 amide bonds. The molecule has 1 aromatic rings. The minimum absolute atomic E-state index is 0.0410. The fourth-order valence-electron chi connectivity index (χ4n) is 2.91. The van der Waals surface area contributed by atoms with Crippen LogP contribution in [0.2, 0.25) is 0 Å². The Kier molecular flexibility index (Phi) is 3.63. The molecule has 1 aromatic carbocycles.